The Hall–Kier alpha value is -2.66. The molecule has 5 heteroatoms. The van der Waals surface area contributed by atoms with E-state index in [0.717, 1.165) is 25.1 Å². The zero-order valence-electron chi connectivity index (χ0n) is 15.9. The SMILES string of the molecule is Cc1ccc2c(c1)c1c(n2CC(CC(=O)O)c2cccnc2)CCN(C)C1. The molecule has 0 amide bonds. The summed E-state index contributed by atoms with van der Waals surface area (Å²) in [6, 6.07) is 10.5. The second-order valence-corrected chi connectivity index (χ2v) is 7.63. The van der Waals surface area contributed by atoms with E-state index in [1.165, 1.54) is 27.7 Å². The van der Waals surface area contributed by atoms with Crippen molar-refractivity contribution in [2.45, 2.75) is 38.8 Å². The fourth-order valence-corrected chi connectivity index (χ4v) is 4.24. The molecule has 2 aromatic heterocycles. The summed E-state index contributed by atoms with van der Waals surface area (Å²) < 4.78 is 2.36. The second kappa shape index (κ2) is 7.16. The van der Waals surface area contributed by atoms with Crippen LogP contribution in [0.25, 0.3) is 10.9 Å². The van der Waals surface area contributed by atoms with Crippen LogP contribution in [0.4, 0.5) is 0 Å². The highest BCUT2D eigenvalue weighted by atomic mass is 16.4. The molecule has 140 valence electrons. The van der Waals surface area contributed by atoms with E-state index in [0.29, 0.717) is 6.54 Å². The van der Waals surface area contributed by atoms with Crippen molar-refractivity contribution in [1.29, 1.82) is 0 Å². The number of rotatable bonds is 5. The first kappa shape index (κ1) is 17.7. The smallest absolute Gasteiger partial charge is 0.304 e. The fraction of sp³-hybridized carbons (Fsp3) is 0.364. The minimum atomic E-state index is -0.773. The van der Waals surface area contributed by atoms with E-state index < -0.39 is 5.97 Å². The number of aryl methyl sites for hydroxylation is 1. The first-order valence-electron chi connectivity index (χ1n) is 9.44. The molecule has 0 spiro atoms. The molecular formula is C22H25N3O2. The predicted octanol–water partition coefficient (Wildman–Crippen LogP) is 3.59. The molecule has 1 unspecified atom stereocenters. The van der Waals surface area contributed by atoms with Gasteiger partial charge in [-0.15, -0.1) is 0 Å². The lowest BCUT2D eigenvalue weighted by atomic mass is 9.96. The third-order valence-electron chi connectivity index (χ3n) is 5.58. The Morgan fingerprint density at radius 1 is 1.33 bits per heavy atom. The van der Waals surface area contributed by atoms with Crippen molar-refractivity contribution in [3.63, 3.8) is 0 Å². The molecule has 3 heterocycles. The van der Waals surface area contributed by atoms with E-state index in [4.69, 9.17) is 0 Å². The summed E-state index contributed by atoms with van der Waals surface area (Å²) in [5.41, 5.74) is 6.19. The summed E-state index contributed by atoms with van der Waals surface area (Å²) in [5, 5.41) is 10.8. The Kier molecular flexibility index (Phi) is 4.70. The maximum atomic E-state index is 11.5. The highest BCUT2D eigenvalue weighted by molar-refractivity contribution is 5.86. The Morgan fingerprint density at radius 2 is 2.19 bits per heavy atom. The normalized spacial score (nSPS) is 15.6. The average Bonchev–Trinajstić information content (AvgIpc) is 2.94. The maximum absolute atomic E-state index is 11.5. The quantitative estimate of drug-likeness (QED) is 0.753. The molecule has 1 N–H and O–H groups in total. The van der Waals surface area contributed by atoms with Gasteiger partial charge in [-0.3, -0.25) is 9.78 Å². The molecule has 27 heavy (non-hydrogen) atoms. The van der Waals surface area contributed by atoms with Gasteiger partial charge in [0.1, 0.15) is 0 Å². The summed E-state index contributed by atoms with van der Waals surface area (Å²) in [5.74, 6) is -0.874. The van der Waals surface area contributed by atoms with E-state index >= 15 is 0 Å². The van der Waals surface area contributed by atoms with Crippen LogP contribution in [0, 0.1) is 6.92 Å². The first-order chi connectivity index (χ1) is 13.0. The summed E-state index contributed by atoms with van der Waals surface area (Å²) in [6.07, 6.45) is 4.62. The van der Waals surface area contributed by atoms with E-state index in [1.54, 1.807) is 12.4 Å². The lowest BCUT2D eigenvalue weighted by molar-refractivity contribution is -0.137. The van der Waals surface area contributed by atoms with Crippen molar-refractivity contribution >= 4 is 16.9 Å². The molecular weight excluding hydrogens is 338 g/mol. The third kappa shape index (κ3) is 3.47. The third-order valence-corrected chi connectivity index (χ3v) is 5.58. The second-order valence-electron chi connectivity index (χ2n) is 7.63. The van der Waals surface area contributed by atoms with E-state index in [-0.39, 0.29) is 12.3 Å². The van der Waals surface area contributed by atoms with Gasteiger partial charge in [0.05, 0.1) is 6.42 Å². The minimum absolute atomic E-state index is 0.100. The topological polar surface area (TPSA) is 58.4 Å². The molecule has 5 nitrogen and oxygen atoms in total. The molecule has 1 aromatic carbocycles. The van der Waals surface area contributed by atoms with Crippen LogP contribution in [0.2, 0.25) is 0 Å². The fourth-order valence-electron chi connectivity index (χ4n) is 4.24. The van der Waals surface area contributed by atoms with Crippen LogP contribution in [0.5, 0.6) is 0 Å². The van der Waals surface area contributed by atoms with E-state index in [9.17, 15) is 9.90 Å². The molecule has 0 saturated heterocycles. The number of benzene rings is 1. The van der Waals surface area contributed by atoms with Crippen LogP contribution in [-0.4, -0.2) is 39.1 Å². The number of fused-ring (bicyclic) bond motifs is 3. The van der Waals surface area contributed by atoms with Crippen LogP contribution in [0.15, 0.2) is 42.7 Å². The van der Waals surface area contributed by atoms with Crippen LogP contribution < -0.4 is 0 Å². The van der Waals surface area contributed by atoms with Crippen molar-refractivity contribution in [2.24, 2.45) is 0 Å². The molecule has 3 aromatic rings. The molecule has 4 rings (SSSR count). The number of carbonyl (C=O) groups is 1. The molecule has 0 radical (unpaired) electrons. The van der Waals surface area contributed by atoms with E-state index in [2.05, 4.69) is 46.6 Å². The first-order valence-corrected chi connectivity index (χ1v) is 9.44. The Labute approximate surface area is 159 Å². The highest BCUT2D eigenvalue weighted by Crippen LogP contribution is 2.34. The van der Waals surface area contributed by atoms with Gasteiger partial charge in [0, 0.05) is 61.0 Å². The number of hydrogen-bond acceptors (Lipinski definition) is 3. The predicted molar refractivity (Wildman–Crippen MR) is 106 cm³/mol. The van der Waals surface area contributed by atoms with Crippen molar-refractivity contribution < 1.29 is 9.90 Å². The average molecular weight is 363 g/mol. The zero-order chi connectivity index (χ0) is 19.0. The lowest BCUT2D eigenvalue weighted by Crippen LogP contribution is -2.28. The van der Waals surface area contributed by atoms with Crippen LogP contribution in [0.1, 0.15) is 34.7 Å². The van der Waals surface area contributed by atoms with Gasteiger partial charge >= 0.3 is 5.97 Å². The maximum Gasteiger partial charge on any atom is 0.304 e. The number of carboxylic acids is 1. The summed E-state index contributed by atoms with van der Waals surface area (Å²) in [4.78, 5) is 18.1. The number of pyridine rings is 1. The van der Waals surface area contributed by atoms with Gasteiger partial charge < -0.3 is 14.6 Å². The standard InChI is InChI=1S/C22H25N3O2/c1-15-5-6-20-18(10-15)19-14-24(2)9-7-21(19)25(20)13-17(11-22(26)27)16-4-3-8-23-12-16/h3-6,8,10,12,17H,7,9,11,13-14H2,1-2H3,(H,26,27). The van der Waals surface area contributed by atoms with Gasteiger partial charge in [-0.25, -0.2) is 0 Å². The monoisotopic (exact) mass is 363 g/mol. The summed E-state index contributed by atoms with van der Waals surface area (Å²) in [7, 11) is 2.16. The van der Waals surface area contributed by atoms with E-state index in [1.807, 2.05) is 12.1 Å². The Bertz CT molecular complexity index is 978. The van der Waals surface area contributed by atoms with Crippen LogP contribution in [0.3, 0.4) is 0 Å². The molecule has 1 atom stereocenters. The highest BCUT2D eigenvalue weighted by Gasteiger charge is 2.25. The van der Waals surface area contributed by atoms with Crippen molar-refractivity contribution in [2.75, 3.05) is 13.6 Å². The lowest BCUT2D eigenvalue weighted by Gasteiger charge is -2.25. The molecule has 1 aliphatic heterocycles. The number of likely N-dealkylation sites (N-methyl/N-ethyl adjacent to an activating group) is 1. The van der Waals surface area contributed by atoms with Gasteiger partial charge in [0.15, 0.2) is 0 Å². The largest absolute Gasteiger partial charge is 0.481 e. The van der Waals surface area contributed by atoms with Gasteiger partial charge in [0.2, 0.25) is 0 Å². The number of hydrogen-bond donors (Lipinski definition) is 1. The number of nitrogens with zero attached hydrogens (tertiary/aromatic N) is 3. The molecule has 0 fully saturated rings. The Morgan fingerprint density at radius 3 is 2.93 bits per heavy atom. The van der Waals surface area contributed by atoms with Crippen LogP contribution >= 0.6 is 0 Å². The van der Waals surface area contributed by atoms with Crippen molar-refractivity contribution in [1.82, 2.24) is 14.5 Å². The van der Waals surface area contributed by atoms with Crippen LogP contribution in [-0.2, 0) is 24.3 Å². The number of carboxylic acid groups (broad SMARTS) is 1. The van der Waals surface area contributed by atoms with Gasteiger partial charge in [0.25, 0.3) is 0 Å². The molecule has 1 aliphatic rings. The molecule has 0 aliphatic carbocycles. The molecule has 0 bridgehead atoms. The van der Waals surface area contributed by atoms with Gasteiger partial charge in [-0.1, -0.05) is 17.7 Å². The zero-order valence-corrected chi connectivity index (χ0v) is 15.9. The number of aliphatic carboxylic acids is 1. The van der Waals surface area contributed by atoms with Gasteiger partial charge in [-0.2, -0.15) is 0 Å². The Balaban J connectivity index is 1.81. The number of aromatic nitrogens is 2. The molecule has 0 saturated carbocycles. The minimum Gasteiger partial charge on any atom is -0.481 e. The van der Waals surface area contributed by atoms with Crippen molar-refractivity contribution in [3.8, 4) is 0 Å². The summed E-state index contributed by atoms with van der Waals surface area (Å²) in [6.45, 7) is 4.76. The summed E-state index contributed by atoms with van der Waals surface area (Å²) >= 11 is 0. The van der Waals surface area contributed by atoms with Crippen molar-refractivity contribution in [3.05, 3.63) is 65.1 Å². The van der Waals surface area contributed by atoms with Gasteiger partial charge in [-0.05, 0) is 43.3 Å².